The molecule has 76 valence electrons. The fraction of sp³-hybridized carbons (Fsp3) is 0.300. The van der Waals surface area contributed by atoms with Gasteiger partial charge in [0.05, 0.1) is 6.61 Å². The molecule has 0 spiro atoms. The number of halogens is 1. The van der Waals surface area contributed by atoms with E-state index in [4.69, 9.17) is 15.9 Å². The highest BCUT2D eigenvalue weighted by Crippen LogP contribution is 2.09. The van der Waals surface area contributed by atoms with Gasteiger partial charge in [0.25, 0.3) is 0 Å². The fourth-order valence-corrected chi connectivity index (χ4v) is 1.11. The van der Waals surface area contributed by atoms with Crippen molar-refractivity contribution in [1.29, 1.82) is 5.41 Å². The molecule has 3 N–H and O–H groups in total. The van der Waals surface area contributed by atoms with Crippen LogP contribution in [0.5, 0.6) is 0 Å². The van der Waals surface area contributed by atoms with Gasteiger partial charge in [-0.05, 0) is 30.7 Å². The van der Waals surface area contributed by atoms with E-state index in [1.54, 1.807) is 6.07 Å². The second-order valence-corrected chi connectivity index (χ2v) is 2.90. The highest BCUT2D eigenvalue weighted by Gasteiger charge is 2.02. The van der Waals surface area contributed by atoms with Crippen molar-refractivity contribution in [2.24, 2.45) is 5.73 Å². The Balaban J connectivity index is 2.89. The number of nitrogens with two attached hydrogens (primary N) is 1. The molecule has 0 radical (unpaired) electrons. The molecule has 0 aliphatic heterocycles. The van der Waals surface area contributed by atoms with Gasteiger partial charge in [-0.15, -0.1) is 0 Å². The van der Waals surface area contributed by atoms with Crippen molar-refractivity contribution in [2.75, 3.05) is 6.61 Å². The molecule has 1 aromatic rings. The molecule has 1 aromatic carbocycles. The number of hydrogen-bond acceptors (Lipinski definition) is 2. The van der Waals surface area contributed by atoms with Crippen molar-refractivity contribution in [3.05, 3.63) is 35.1 Å². The molecule has 0 amide bonds. The Kier molecular flexibility index (Phi) is 3.59. The molecule has 1 rings (SSSR count). The summed E-state index contributed by atoms with van der Waals surface area (Å²) in [7, 11) is 0. The third-order valence-electron chi connectivity index (χ3n) is 1.74. The van der Waals surface area contributed by atoms with E-state index in [9.17, 15) is 4.39 Å². The number of nitrogens with one attached hydrogen (secondary N) is 1. The average Bonchev–Trinajstić information content (AvgIpc) is 2.14. The number of rotatable bonds is 4. The minimum absolute atomic E-state index is 0.137. The van der Waals surface area contributed by atoms with Gasteiger partial charge < -0.3 is 10.5 Å². The molecular formula is C10H13FN2O. The maximum atomic E-state index is 13.0. The summed E-state index contributed by atoms with van der Waals surface area (Å²) in [6.07, 6.45) is 0. The predicted octanol–water partition coefficient (Wildman–Crippen LogP) is 1.65. The molecule has 4 heteroatoms. The summed E-state index contributed by atoms with van der Waals surface area (Å²) in [5.74, 6) is -0.533. The van der Waals surface area contributed by atoms with E-state index in [0.717, 1.165) is 0 Å². The van der Waals surface area contributed by atoms with Crippen LogP contribution in [-0.2, 0) is 11.3 Å². The third kappa shape index (κ3) is 2.81. The average molecular weight is 196 g/mol. The van der Waals surface area contributed by atoms with Gasteiger partial charge in [0.2, 0.25) is 0 Å². The van der Waals surface area contributed by atoms with Gasteiger partial charge in [0, 0.05) is 12.2 Å². The fourth-order valence-electron chi connectivity index (χ4n) is 1.11. The van der Waals surface area contributed by atoms with Crippen molar-refractivity contribution in [2.45, 2.75) is 13.5 Å². The normalized spacial score (nSPS) is 10.1. The lowest BCUT2D eigenvalue weighted by molar-refractivity contribution is 0.134. The van der Waals surface area contributed by atoms with Crippen LogP contribution in [-0.4, -0.2) is 12.4 Å². The highest BCUT2D eigenvalue weighted by atomic mass is 19.1. The Morgan fingerprint density at radius 1 is 1.50 bits per heavy atom. The monoisotopic (exact) mass is 196 g/mol. The van der Waals surface area contributed by atoms with Crippen LogP contribution in [0.1, 0.15) is 18.1 Å². The van der Waals surface area contributed by atoms with Gasteiger partial charge in [-0.3, -0.25) is 5.41 Å². The van der Waals surface area contributed by atoms with Crippen LogP contribution in [0.15, 0.2) is 18.2 Å². The zero-order chi connectivity index (χ0) is 10.6. The third-order valence-corrected chi connectivity index (χ3v) is 1.74. The summed E-state index contributed by atoms with van der Waals surface area (Å²) in [5.41, 5.74) is 6.34. The van der Waals surface area contributed by atoms with Crippen molar-refractivity contribution in [3.63, 3.8) is 0 Å². The van der Waals surface area contributed by atoms with Gasteiger partial charge in [0.1, 0.15) is 11.7 Å². The Morgan fingerprint density at radius 2 is 2.21 bits per heavy atom. The molecule has 0 aliphatic rings. The molecule has 0 atom stereocenters. The molecular weight excluding hydrogens is 183 g/mol. The topological polar surface area (TPSA) is 59.1 Å². The summed E-state index contributed by atoms with van der Waals surface area (Å²) < 4.78 is 18.1. The first-order chi connectivity index (χ1) is 6.63. The van der Waals surface area contributed by atoms with Crippen LogP contribution in [0.25, 0.3) is 0 Å². The number of nitrogen functional groups attached to an aromatic ring is 1. The van der Waals surface area contributed by atoms with Crippen LogP contribution in [0.4, 0.5) is 4.39 Å². The van der Waals surface area contributed by atoms with E-state index in [1.807, 2.05) is 6.92 Å². The number of benzene rings is 1. The van der Waals surface area contributed by atoms with E-state index in [-0.39, 0.29) is 5.84 Å². The first kappa shape index (κ1) is 10.7. The molecule has 0 fully saturated rings. The summed E-state index contributed by atoms with van der Waals surface area (Å²) in [6, 6.07) is 4.26. The molecule has 0 bridgehead atoms. The van der Waals surface area contributed by atoms with Gasteiger partial charge in [-0.2, -0.15) is 0 Å². The molecule has 0 aromatic heterocycles. The molecule has 0 unspecified atom stereocenters. The van der Waals surface area contributed by atoms with E-state index in [1.165, 1.54) is 12.1 Å². The molecule has 0 saturated heterocycles. The number of ether oxygens (including phenoxy) is 1. The lowest BCUT2D eigenvalue weighted by Crippen LogP contribution is -2.12. The quantitative estimate of drug-likeness (QED) is 0.568. The first-order valence-corrected chi connectivity index (χ1v) is 4.35. The van der Waals surface area contributed by atoms with E-state index < -0.39 is 5.82 Å². The smallest absolute Gasteiger partial charge is 0.124 e. The summed E-state index contributed by atoms with van der Waals surface area (Å²) in [4.78, 5) is 0. The van der Waals surface area contributed by atoms with Crippen LogP contribution < -0.4 is 5.73 Å². The number of amidine groups is 1. The second kappa shape index (κ2) is 4.72. The number of hydrogen-bond donors (Lipinski definition) is 2. The Bertz CT molecular complexity index is 339. The van der Waals surface area contributed by atoms with Gasteiger partial charge in [-0.1, -0.05) is 0 Å². The van der Waals surface area contributed by atoms with Gasteiger partial charge in [0.15, 0.2) is 0 Å². The molecule has 3 nitrogen and oxygen atoms in total. The van der Waals surface area contributed by atoms with E-state index in [0.29, 0.717) is 24.3 Å². The van der Waals surface area contributed by atoms with Crippen LogP contribution in [0.2, 0.25) is 0 Å². The summed E-state index contributed by atoms with van der Waals surface area (Å²) >= 11 is 0. The molecule has 0 aliphatic carbocycles. The predicted molar refractivity (Wildman–Crippen MR) is 52.7 cm³/mol. The SMILES string of the molecule is CCOCc1cc(F)cc(C(=N)N)c1. The molecule has 0 saturated carbocycles. The Hall–Kier alpha value is -1.42. The zero-order valence-electron chi connectivity index (χ0n) is 8.01. The lowest BCUT2D eigenvalue weighted by atomic mass is 10.1. The largest absolute Gasteiger partial charge is 0.384 e. The highest BCUT2D eigenvalue weighted by molar-refractivity contribution is 5.95. The first-order valence-electron chi connectivity index (χ1n) is 4.35. The van der Waals surface area contributed by atoms with Crippen molar-refractivity contribution >= 4 is 5.84 Å². The summed E-state index contributed by atoms with van der Waals surface area (Å²) in [5, 5.41) is 7.18. The van der Waals surface area contributed by atoms with Crippen molar-refractivity contribution < 1.29 is 9.13 Å². The van der Waals surface area contributed by atoms with Gasteiger partial charge >= 0.3 is 0 Å². The van der Waals surface area contributed by atoms with Crippen LogP contribution in [0, 0.1) is 11.2 Å². The van der Waals surface area contributed by atoms with E-state index in [2.05, 4.69) is 0 Å². The van der Waals surface area contributed by atoms with Gasteiger partial charge in [-0.25, -0.2) is 4.39 Å². The zero-order valence-corrected chi connectivity index (χ0v) is 8.01. The minimum atomic E-state index is -0.396. The molecule has 0 heterocycles. The Morgan fingerprint density at radius 3 is 2.79 bits per heavy atom. The van der Waals surface area contributed by atoms with E-state index >= 15 is 0 Å². The van der Waals surface area contributed by atoms with Crippen LogP contribution in [0.3, 0.4) is 0 Å². The Labute approximate surface area is 82.2 Å². The molecule has 14 heavy (non-hydrogen) atoms. The maximum absolute atomic E-state index is 13.0. The standard InChI is InChI=1S/C10H13FN2O/c1-2-14-6-7-3-8(10(12)13)5-9(11)4-7/h3-5H,2,6H2,1H3,(H3,12,13). The van der Waals surface area contributed by atoms with Crippen molar-refractivity contribution in [1.82, 2.24) is 0 Å². The second-order valence-electron chi connectivity index (χ2n) is 2.90. The summed E-state index contributed by atoms with van der Waals surface area (Å²) in [6.45, 7) is 2.78. The van der Waals surface area contributed by atoms with Crippen molar-refractivity contribution in [3.8, 4) is 0 Å². The minimum Gasteiger partial charge on any atom is -0.384 e. The lowest BCUT2D eigenvalue weighted by Gasteiger charge is -2.04. The maximum Gasteiger partial charge on any atom is 0.124 e. The van der Waals surface area contributed by atoms with Crippen LogP contribution >= 0.6 is 0 Å².